The molecule has 0 aromatic carbocycles. The Hall–Kier alpha value is -2.98. The molecule has 0 bridgehead atoms. The van der Waals surface area contributed by atoms with Gasteiger partial charge in [0.2, 0.25) is 12.5 Å². The van der Waals surface area contributed by atoms with Crippen molar-refractivity contribution >= 4 is 11.9 Å². The second-order valence-electron chi connectivity index (χ2n) is 3.87. The third kappa shape index (κ3) is 4.01. The Morgan fingerprint density at radius 1 is 0.773 bits per heavy atom. The van der Waals surface area contributed by atoms with Crippen molar-refractivity contribution in [3.63, 3.8) is 0 Å². The molecule has 4 N–H and O–H groups in total. The summed E-state index contributed by atoms with van der Waals surface area (Å²) in [5.74, 6) is -2.57. The molecule has 0 saturated carbocycles. The Kier molecular flexibility index (Phi) is 5.01. The van der Waals surface area contributed by atoms with Gasteiger partial charge >= 0.3 is 11.9 Å². The smallest absolute Gasteiger partial charge is 0.419 e. The first kappa shape index (κ1) is 15.4. The average molecular weight is 304 g/mol. The highest BCUT2D eigenvalue weighted by atomic mass is 16.6. The zero-order valence-corrected chi connectivity index (χ0v) is 11.2. The number of esters is 2. The number of nitrogens with zero attached hydrogens (tertiary/aromatic N) is 4. The van der Waals surface area contributed by atoms with E-state index < -0.39 is 24.4 Å². The molecule has 2 aromatic rings. The topological polar surface area (TPSA) is 156 Å². The fourth-order valence-electron chi connectivity index (χ4n) is 1.35. The summed E-state index contributed by atoms with van der Waals surface area (Å²) in [5.41, 5.74) is 11.1. The Morgan fingerprint density at radius 2 is 1.09 bits per heavy atom. The molecule has 2 rings (SSSR count). The van der Waals surface area contributed by atoms with Crippen molar-refractivity contribution in [2.24, 2.45) is 11.5 Å². The molecule has 2 aromatic heterocycles. The monoisotopic (exact) mass is 304 g/mol. The second-order valence-corrected chi connectivity index (χ2v) is 3.87. The molecular weight excluding hydrogens is 292 g/mol. The SMILES string of the molecule is NC(OC(=O)C(=O)OC(N)c1ncccn1)c1ncccn1. The first-order valence-electron chi connectivity index (χ1n) is 6.04. The number of ether oxygens (including phenoxy) is 2. The van der Waals surface area contributed by atoms with Crippen LogP contribution in [-0.4, -0.2) is 31.9 Å². The molecule has 2 unspecified atom stereocenters. The van der Waals surface area contributed by atoms with Crippen molar-refractivity contribution in [3.8, 4) is 0 Å². The molecule has 0 aliphatic heterocycles. The predicted molar refractivity (Wildman–Crippen MR) is 70.1 cm³/mol. The molecule has 2 heterocycles. The number of nitrogens with two attached hydrogens (primary N) is 2. The van der Waals surface area contributed by atoms with E-state index in [0.717, 1.165) is 0 Å². The Bertz CT molecular complexity index is 581. The van der Waals surface area contributed by atoms with Gasteiger partial charge in [0, 0.05) is 24.8 Å². The molecule has 0 aliphatic carbocycles. The van der Waals surface area contributed by atoms with Gasteiger partial charge in [0.25, 0.3) is 0 Å². The molecule has 10 heteroatoms. The summed E-state index contributed by atoms with van der Waals surface area (Å²) in [7, 11) is 0. The highest BCUT2D eigenvalue weighted by molar-refractivity contribution is 6.29. The third-order valence-electron chi connectivity index (χ3n) is 2.32. The Labute approximate surface area is 124 Å². The van der Waals surface area contributed by atoms with Crippen LogP contribution < -0.4 is 11.5 Å². The molecule has 22 heavy (non-hydrogen) atoms. The van der Waals surface area contributed by atoms with Crippen LogP contribution >= 0.6 is 0 Å². The van der Waals surface area contributed by atoms with Gasteiger partial charge in [-0.25, -0.2) is 29.5 Å². The fourth-order valence-corrected chi connectivity index (χ4v) is 1.35. The van der Waals surface area contributed by atoms with Crippen LogP contribution in [0.3, 0.4) is 0 Å². The lowest BCUT2D eigenvalue weighted by atomic mass is 10.5. The van der Waals surface area contributed by atoms with E-state index in [9.17, 15) is 9.59 Å². The summed E-state index contributed by atoms with van der Waals surface area (Å²) in [4.78, 5) is 38.3. The third-order valence-corrected chi connectivity index (χ3v) is 2.32. The molecule has 0 saturated heterocycles. The van der Waals surface area contributed by atoms with Gasteiger partial charge in [-0.1, -0.05) is 0 Å². The molecule has 0 aliphatic rings. The largest absolute Gasteiger partial charge is 0.431 e. The van der Waals surface area contributed by atoms with Crippen LogP contribution in [0.25, 0.3) is 0 Å². The van der Waals surface area contributed by atoms with E-state index in [1.54, 1.807) is 12.1 Å². The quantitative estimate of drug-likeness (QED) is 0.406. The Morgan fingerprint density at radius 3 is 1.41 bits per heavy atom. The van der Waals surface area contributed by atoms with Crippen LogP contribution in [0.15, 0.2) is 36.9 Å². The lowest BCUT2D eigenvalue weighted by Gasteiger charge is -2.13. The van der Waals surface area contributed by atoms with E-state index in [-0.39, 0.29) is 11.6 Å². The minimum Gasteiger partial charge on any atom is -0.431 e. The van der Waals surface area contributed by atoms with Crippen LogP contribution in [0.1, 0.15) is 24.1 Å². The first-order valence-corrected chi connectivity index (χ1v) is 6.04. The standard InChI is InChI=1S/C12H12N6O4/c13-7(9-15-3-1-4-16-9)21-11(19)12(20)22-8(14)10-17-5-2-6-18-10/h1-8H,13-14H2. The van der Waals surface area contributed by atoms with Crippen molar-refractivity contribution in [3.05, 3.63) is 48.6 Å². The molecule has 10 nitrogen and oxygen atoms in total. The summed E-state index contributed by atoms with van der Waals surface area (Å²) >= 11 is 0. The molecular formula is C12H12N6O4. The number of hydrogen-bond donors (Lipinski definition) is 2. The van der Waals surface area contributed by atoms with Crippen LogP contribution in [-0.2, 0) is 19.1 Å². The van der Waals surface area contributed by atoms with Gasteiger partial charge < -0.3 is 9.47 Å². The Balaban J connectivity index is 1.91. The highest BCUT2D eigenvalue weighted by Gasteiger charge is 2.25. The van der Waals surface area contributed by atoms with Crippen molar-refractivity contribution in [1.29, 1.82) is 0 Å². The molecule has 0 radical (unpaired) electrons. The number of aromatic nitrogens is 4. The van der Waals surface area contributed by atoms with Gasteiger partial charge in [0.05, 0.1) is 0 Å². The van der Waals surface area contributed by atoms with Gasteiger partial charge in [0.1, 0.15) is 0 Å². The van der Waals surface area contributed by atoms with Gasteiger partial charge in [-0.3, -0.25) is 11.5 Å². The summed E-state index contributed by atoms with van der Waals surface area (Å²) in [5, 5.41) is 0. The summed E-state index contributed by atoms with van der Waals surface area (Å²) in [6.45, 7) is 0. The van der Waals surface area contributed by atoms with Crippen LogP contribution in [0, 0.1) is 0 Å². The lowest BCUT2D eigenvalue weighted by Crippen LogP contribution is -2.30. The zero-order valence-electron chi connectivity index (χ0n) is 11.2. The average Bonchev–Trinajstić information content (AvgIpc) is 2.56. The summed E-state index contributed by atoms with van der Waals surface area (Å²) < 4.78 is 9.36. The molecule has 114 valence electrons. The minimum atomic E-state index is -1.33. The zero-order chi connectivity index (χ0) is 15.9. The first-order chi connectivity index (χ1) is 10.6. The van der Waals surface area contributed by atoms with Gasteiger partial charge in [-0.05, 0) is 12.1 Å². The van der Waals surface area contributed by atoms with E-state index >= 15 is 0 Å². The van der Waals surface area contributed by atoms with E-state index in [1.807, 2.05) is 0 Å². The maximum Gasteiger partial charge on any atom is 0.419 e. The number of carbonyl (C=O) groups is 2. The maximum absolute atomic E-state index is 11.6. The van der Waals surface area contributed by atoms with E-state index in [2.05, 4.69) is 29.4 Å². The van der Waals surface area contributed by atoms with Crippen LogP contribution in [0.2, 0.25) is 0 Å². The lowest BCUT2D eigenvalue weighted by molar-refractivity contribution is -0.174. The van der Waals surface area contributed by atoms with Crippen molar-refractivity contribution in [2.45, 2.75) is 12.5 Å². The number of hydrogen-bond acceptors (Lipinski definition) is 10. The van der Waals surface area contributed by atoms with Gasteiger partial charge in [-0.15, -0.1) is 0 Å². The number of carbonyl (C=O) groups excluding carboxylic acids is 2. The summed E-state index contributed by atoms with van der Waals surface area (Å²) in [6, 6.07) is 3.12. The van der Waals surface area contributed by atoms with E-state index in [0.29, 0.717) is 0 Å². The van der Waals surface area contributed by atoms with Crippen LogP contribution in [0.4, 0.5) is 0 Å². The number of rotatable bonds is 4. The van der Waals surface area contributed by atoms with E-state index in [4.69, 9.17) is 11.5 Å². The normalized spacial score (nSPS) is 13.0. The molecule has 0 fully saturated rings. The predicted octanol–water partition coefficient (Wildman–Crippen LogP) is -1.03. The summed E-state index contributed by atoms with van der Waals surface area (Å²) in [6.07, 6.45) is 3.05. The highest BCUT2D eigenvalue weighted by Crippen LogP contribution is 2.08. The minimum absolute atomic E-state index is 0.0411. The molecule has 0 spiro atoms. The van der Waals surface area contributed by atoms with Crippen molar-refractivity contribution in [1.82, 2.24) is 19.9 Å². The van der Waals surface area contributed by atoms with Gasteiger partial charge in [-0.2, -0.15) is 0 Å². The second kappa shape index (κ2) is 7.15. The van der Waals surface area contributed by atoms with Crippen molar-refractivity contribution < 1.29 is 19.1 Å². The van der Waals surface area contributed by atoms with Crippen molar-refractivity contribution in [2.75, 3.05) is 0 Å². The van der Waals surface area contributed by atoms with Crippen LogP contribution in [0.5, 0.6) is 0 Å². The van der Waals surface area contributed by atoms with E-state index in [1.165, 1.54) is 24.8 Å². The van der Waals surface area contributed by atoms with Gasteiger partial charge in [0.15, 0.2) is 11.6 Å². The fraction of sp³-hybridized carbons (Fsp3) is 0.167. The maximum atomic E-state index is 11.6. The molecule has 2 atom stereocenters. The molecule has 0 amide bonds.